The summed E-state index contributed by atoms with van der Waals surface area (Å²) in [5, 5.41) is 0. The number of ether oxygens (including phenoxy) is 2. The maximum absolute atomic E-state index is 13.0. The average Bonchev–Trinajstić information content (AvgIpc) is 3.36. The predicted octanol–water partition coefficient (Wildman–Crippen LogP) is 3.12. The van der Waals surface area contributed by atoms with Crippen molar-refractivity contribution in [2.75, 3.05) is 19.8 Å². The molecule has 7 nitrogen and oxygen atoms in total. The van der Waals surface area contributed by atoms with E-state index in [1.807, 2.05) is 41.3 Å². The highest BCUT2D eigenvalue weighted by Crippen LogP contribution is 2.38. The second-order valence-electron chi connectivity index (χ2n) is 7.39. The molecule has 1 fully saturated rings. The van der Waals surface area contributed by atoms with Crippen LogP contribution in [0, 0.1) is 0 Å². The van der Waals surface area contributed by atoms with Crippen LogP contribution >= 0.6 is 0 Å². The van der Waals surface area contributed by atoms with Crippen molar-refractivity contribution in [2.24, 2.45) is 0 Å². The van der Waals surface area contributed by atoms with Crippen LogP contribution in [-0.4, -0.2) is 35.1 Å². The van der Waals surface area contributed by atoms with Gasteiger partial charge in [-0.15, -0.1) is 0 Å². The third-order valence-corrected chi connectivity index (χ3v) is 5.65. The van der Waals surface area contributed by atoms with Crippen molar-refractivity contribution in [1.29, 1.82) is 0 Å². The van der Waals surface area contributed by atoms with Gasteiger partial charge in [-0.3, -0.25) is 9.36 Å². The number of benzene rings is 2. The predicted molar refractivity (Wildman–Crippen MR) is 106 cm³/mol. The Hall–Kier alpha value is -3.22. The van der Waals surface area contributed by atoms with E-state index in [0.29, 0.717) is 25.3 Å². The number of carbonyl (C=O) groups is 1. The van der Waals surface area contributed by atoms with Crippen LogP contribution in [-0.2, 0) is 11.3 Å². The van der Waals surface area contributed by atoms with E-state index >= 15 is 0 Å². The Morgan fingerprint density at radius 1 is 1.07 bits per heavy atom. The van der Waals surface area contributed by atoms with Crippen molar-refractivity contribution in [3.8, 4) is 11.5 Å². The fourth-order valence-electron chi connectivity index (χ4n) is 4.26. The Balaban J connectivity index is 1.33. The third kappa shape index (κ3) is 3.26. The van der Waals surface area contributed by atoms with Crippen LogP contribution in [0.15, 0.2) is 51.7 Å². The topological polar surface area (TPSA) is 73.9 Å². The summed E-state index contributed by atoms with van der Waals surface area (Å²) < 4.78 is 18.1. The SMILES string of the molecule is O=C(CCn1c(=O)oc2ccccc21)N1CCCC1c1ccc2c(c1)OCCO2. The zero-order chi connectivity index (χ0) is 19.8. The van der Waals surface area contributed by atoms with Crippen LogP contribution in [0.3, 0.4) is 0 Å². The first-order valence-corrected chi connectivity index (χ1v) is 9.98. The fourth-order valence-corrected chi connectivity index (χ4v) is 4.26. The van der Waals surface area contributed by atoms with Crippen LogP contribution in [0.4, 0.5) is 0 Å². The summed E-state index contributed by atoms with van der Waals surface area (Å²) in [7, 11) is 0. The van der Waals surface area contributed by atoms with Crippen LogP contribution in [0.2, 0.25) is 0 Å². The fraction of sp³-hybridized carbons (Fsp3) is 0.364. The van der Waals surface area contributed by atoms with Gasteiger partial charge < -0.3 is 18.8 Å². The molecule has 1 aromatic heterocycles. The van der Waals surface area contributed by atoms with Gasteiger partial charge in [0.25, 0.3) is 0 Å². The first kappa shape index (κ1) is 17.8. The molecule has 1 saturated heterocycles. The smallest absolute Gasteiger partial charge is 0.419 e. The molecular weight excluding hydrogens is 372 g/mol. The molecule has 0 aliphatic carbocycles. The number of aryl methyl sites for hydroxylation is 1. The summed E-state index contributed by atoms with van der Waals surface area (Å²) >= 11 is 0. The largest absolute Gasteiger partial charge is 0.486 e. The number of oxazole rings is 1. The lowest BCUT2D eigenvalue weighted by Crippen LogP contribution is -2.32. The zero-order valence-corrected chi connectivity index (χ0v) is 16.0. The molecule has 2 aliphatic rings. The highest BCUT2D eigenvalue weighted by molar-refractivity contribution is 5.78. The molecule has 29 heavy (non-hydrogen) atoms. The highest BCUT2D eigenvalue weighted by Gasteiger charge is 2.30. The lowest BCUT2D eigenvalue weighted by atomic mass is 10.0. The maximum atomic E-state index is 13.0. The van der Waals surface area contributed by atoms with Gasteiger partial charge in [-0.1, -0.05) is 18.2 Å². The maximum Gasteiger partial charge on any atom is 0.419 e. The number of fused-ring (bicyclic) bond motifs is 2. The molecule has 3 heterocycles. The Kier molecular flexibility index (Phi) is 4.50. The van der Waals surface area contributed by atoms with E-state index in [4.69, 9.17) is 13.9 Å². The average molecular weight is 394 g/mol. The molecule has 5 rings (SSSR count). The van der Waals surface area contributed by atoms with Gasteiger partial charge in [0, 0.05) is 19.5 Å². The van der Waals surface area contributed by atoms with E-state index in [2.05, 4.69) is 0 Å². The monoisotopic (exact) mass is 394 g/mol. The lowest BCUT2D eigenvalue weighted by Gasteiger charge is -2.27. The molecule has 2 aliphatic heterocycles. The summed E-state index contributed by atoms with van der Waals surface area (Å²) in [5.41, 5.74) is 2.32. The Bertz CT molecular complexity index is 1120. The lowest BCUT2D eigenvalue weighted by molar-refractivity contribution is -0.132. The number of nitrogens with zero attached hydrogens (tertiary/aromatic N) is 2. The molecule has 2 aromatic carbocycles. The molecule has 0 saturated carbocycles. The standard InChI is InChI=1S/C22H22N2O5/c25-21(9-11-24-17-4-1-2-6-18(17)29-22(24)26)23-10-3-5-16(23)15-7-8-19-20(14-15)28-13-12-27-19/h1-2,4,6-8,14,16H,3,5,9-13H2. The van der Waals surface area contributed by atoms with Crippen LogP contribution < -0.4 is 15.2 Å². The summed E-state index contributed by atoms with van der Waals surface area (Å²) in [4.78, 5) is 27.0. The number of amides is 1. The second kappa shape index (κ2) is 7.31. The van der Waals surface area contributed by atoms with Crippen LogP contribution in [0.1, 0.15) is 30.9 Å². The van der Waals surface area contributed by atoms with E-state index < -0.39 is 5.76 Å². The minimum atomic E-state index is -0.427. The molecule has 0 bridgehead atoms. The first-order chi connectivity index (χ1) is 14.2. The molecule has 150 valence electrons. The Labute approximate surface area is 167 Å². The van der Waals surface area contributed by atoms with E-state index in [1.54, 1.807) is 6.07 Å². The van der Waals surface area contributed by atoms with Crippen molar-refractivity contribution in [3.63, 3.8) is 0 Å². The molecule has 0 N–H and O–H groups in total. The summed E-state index contributed by atoms with van der Waals surface area (Å²) in [5.74, 6) is 1.11. The number of aromatic nitrogens is 1. The van der Waals surface area contributed by atoms with E-state index in [-0.39, 0.29) is 18.4 Å². The second-order valence-corrected chi connectivity index (χ2v) is 7.39. The van der Waals surface area contributed by atoms with Crippen molar-refractivity contribution >= 4 is 17.0 Å². The summed E-state index contributed by atoms with van der Waals surface area (Å²) in [6.45, 7) is 2.12. The number of likely N-dealkylation sites (tertiary alicyclic amines) is 1. The number of para-hydroxylation sites is 2. The molecule has 0 radical (unpaired) electrons. The number of hydrogen-bond donors (Lipinski definition) is 0. The van der Waals surface area contributed by atoms with E-state index in [9.17, 15) is 9.59 Å². The van der Waals surface area contributed by atoms with Gasteiger partial charge in [0.2, 0.25) is 5.91 Å². The Morgan fingerprint density at radius 2 is 1.90 bits per heavy atom. The number of carbonyl (C=O) groups excluding carboxylic acids is 1. The first-order valence-electron chi connectivity index (χ1n) is 9.98. The van der Waals surface area contributed by atoms with E-state index in [0.717, 1.165) is 42.0 Å². The summed E-state index contributed by atoms with van der Waals surface area (Å²) in [6, 6.07) is 13.2. The summed E-state index contributed by atoms with van der Waals surface area (Å²) in [6.07, 6.45) is 2.13. The van der Waals surface area contributed by atoms with E-state index in [1.165, 1.54) is 4.57 Å². The van der Waals surface area contributed by atoms with Gasteiger partial charge in [-0.25, -0.2) is 4.79 Å². The Morgan fingerprint density at radius 3 is 2.79 bits per heavy atom. The van der Waals surface area contributed by atoms with Gasteiger partial charge in [-0.2, -0.15) is 0 Å². The van der Waals surface area contributed by atoms with Crippen molar-refractivity contribution < 1.29 is 18.7 Å². The van der Waals surface area contributed by atoms with Gasteiger partial charge in [0.1, 0.15) is 13.2 Å². The molecule has 1 atom stereocenters. The number of hydrogen-bond acceptors (Lipinski definition) is 5. The molecule has 1 unspecified atom stereocenters. The molecule has 7 heteroatoms. The molecule has 0 spiro atoms. The number of rotatable bonds is 4. The molecule has 1 amide bonds. The molecular formula is C22H22N2O5. The minimum Gasteiger partial charge on any atom is -0.486 e. The van der Waals surface area contributed by atoms with Crippen molar-refractivity contribution in [3.05, 3.63) is 58.6 Å². The minimum absolute atomic E-state index is 0.0242. The van der Waals surface area contributed by atoms with Crippen LogP contribution in [0.5, 0.6) is 11.5 Å². The molecule has 3 aromatic rings. The van der Waals surface area contributed by atoms with Crippen molar-refractivity contribution in [1.82, 2.24) is 9.47 Å². The normalized spacial score (nSPS) is 18.3. The van der Waals surface area contributed by atoms with Gasteiger partial charge in [0.05, 0.1) is 11.6 Å². The van der Waals surface area contributed by atoms with Crippen molar-refractivity contribution in [2.45, 2.75) is 31.8 Å². The third-order valence-electron chi connectivity index (χ3n) is 5.65. The van der Waals surface area contributed by atoms with Gasteiger partial charge in [-0.05, 0) is 42.7 Å². The van der Waals surface area contributed by atoms with Crippen LogP contribution in [0.25, 0.3) is 11.1 Å². The highest BCUT2D eigenvalue weighted by atomic mass is 16.6. The van der Waals surface area contributed by atoms with Gasteiger partial charge in [0.15, 0.2) is 17.1 Å². The quantitative estimate of drug-likeness (QED) is 0.680. The van der Waals surface area contributed by atoms with Gasteiger partial charge >= 0.3 is 5.76 Å². The zero-order valence-electron chi connectivity index (χ0n) is 16.0.